The maximum Gasteiger partial charge on any atom is 0.219 e. The van der Waals surface area contributed by atoms with Gasteiger partial charge in [0.25, 0.3) is 0 Å². The van der Waals surface area contributed by atoms with E-state index < -0.39 is 0 Å². The number of ether oxygens (including phenoxy) is 2. The summed E-state index contributed by atoms with van der Waals surface area (Å²) in [4.78, 5) is 4.29. The number of nitrogens with zero attached hydrogens (tertiary/aromatic N) is 1. The Bertz CT molecular complexity index is 578. The van der Waals surface area contributed by atoms with Crippen LogP contribution in [0.2, 0.25) is 5.02 Å². The van der Waals surface area contributed by atoms with Gasteiger partial charge < -0.3 is 14.8 Å². The zero-order valence-electron chi connectivity index (χ0n) is 11.6. The second-order valence-electron chi connectivity index (χ2n) is 4.35. The second kappa shape index (κ2) is 8.34. The minimum Gasteiger partial charge on any atom is -0.438 e. The van der Waals surface area contributed by atoms with Crippen molar-refractivity contribution in [3.63, 3.8) is 0 Å². The Kier molecular flexibility index (Phi) is 6.45. The van der Waals surface area contributed by atoms with Gasteiger partial charge in [-0.25, -0.2) is 4.98 Å². The SMILES string of the molecule is COCCNCc1ccc(Oc2ccc(Cl)cc2Br)nc1. The van der Waals surface area contributed by atoms with Crippen molar-refractivity contribution in [1.82, 2.24) is 10.3 Å². The molecule has 0 aliphatic carbocycles. The van der Waals surface area contributed by atoms with Gasteiger partial charge in [-0.05, 0) is 39.7 Å². The van der Waals surface area contributed by atoms with E-state index in [9.17, 15) is 0 Å². The molecule has 0 atom stereocenters. The molecule has 0 bridgehead atoms. The number of hydrogen-bond donors (Lipinski definition) is 1. The average molecular weight is 372 g/mol. The highest BCUT2D eigenvalue weighted by Gasteiger charge is 2.04. The molecule has 2 aromatic rings. The van der Waals surface area contributed by atoms with Crippen LogP contribution in [0.3, 0.4) is 0 Å². The topological polar surface area (TPSA) is 43.4 Å². The number of benzene rings is 1. The zero-order chi connectivity index (χ0) is 15.1. The molecule has 0 unspecified atom stereocenters. The monoisotopic (exact) mass is 370 g/mol. The number of aromatic nitrogens is 1. The van der Waals surface area contributed by atoms with E-state index in [1.807, 2.05) is 12.1 Å². The maximum absolute atomic E-state index is 5.89. The first-order chi connectivity index (χ1) is 10.2. The van der Waals surface area contributed by atoms with Crippen molar-refractivity contribution in [3.05, 3.63) is 51.6 Å². The van der Waals surface area contributed by atoms with Crippen LogP contribution in [0.15, 0.2) is 41.0 Å². The van der Waals surface area contributed by atoms with E-state index in [4.69, 9.17) is 21.1 Å². The van der Waals surface area contributed by atoms with E-state index in [2.05, 4.69) is 26.2 Å². The quantitative estimate of drug-likeness (QED) is 0.746. The molecule has 21 heavy (non-hydrogen) atoms. The highest BCUT2D eigenvalue weighted by molar-refractivity contribution is 9.10. The van der Waals surface area contributed by atoms with Crippen LogP contribution >= 0.6 is 27.5 Å². The third kappa shape index (κ3) is 5.28. The van der Waals surface area contributed by atoms with E-state index in [-0.39, 0.29) is 0 Å². The van der Waals surface area contributed by atoms with Crippen LogP contribution < -0.4 is 10.1 Å². The molecule has 0 saturated carbocycles. The van der Waals surface area contributed by atoms with Crippen molar-refractivity contribution in [1.29, 1.82) is 0 Å². The van der Waals surface area contributed by atoms with Gasteiger partial charge in [0.05, 0.1) is 11.1 Å². The van der Waals surface area contributed by atoms with Crippen LogP contribution in [-0.4, -0.2) is 25.2 Å². The molecular weight excluding hydrogens is 356 g/mol. The molecule has 0 spiro atoms. The third-order valence-corrected chi connectivity index (χ3v) is 3.57. The molecule has 0 fully saturated rings. The van der Waals surface area contributed by atoms with E-state index in [1.54, 1.807) is 31.5 Å². The van der Waals surface area contributed by atoms with Crippen LogP contribution in [0.1, 0.15) is 5.56 Å². The number of hydrogen-bond acceptors (Lipinski definition) is 4. The molecule has 1 aromatic carbocycles. The maximum atomic E-state index is 5.89. The van der Waals surface area contributed by atoms with Crippen molar-refractivity contribution < 1.29 is 9.47 Å². The van der Waals surface area contributed by atoms with E-state index >= 15 is 0 Å². The lowest BCUT2D eigenvalue weighted by atomic mass is 10.3. The van der Waals surface area contributed by atoms with Gasteiger partial charge in [-0.1, -0.05) is 17.7 Å². The highest BCUT2D eigenvalue weighted by Crippen LogP contribution is 2.31. The number of methoxy groups -OCH3 is 1. The predicted molar refractivity (Wildman–Crippen MR) is 87.0 cm³/mol. The molecule has 1 aromatic heterocycles. The summed E-state index contributed by atoms with van der Waals surface area (Å²) in [6, 6.07) is 9.18. The number of rotatable bonds is 7. The highest BCUT2D eigenvalue weighted by atomic mass is 79.9. The van der Waals surface area contributed by atoms with Crippen molar-refractivity contribution in [2.24, 2.45) is 0 Å². The van der Waals surface area contributed by atoms with Crippen LogP contribution in [0.4, 0.5) is 0 Å². The fourth-order valence-electron chi connectivity index (χ4n) is 1.65. The number of nitrogens with one attached hydrogen (secondary N) is 1. The van der Waals surface area contributed by atoms with Gasteiger partial charge in [0.2, 0.25) is 5.88 Å². The van der Waals surface area contributed by atoms with E-state index in [0.29, 0.717) is 23.3 Å². The smallest absolute Gasteiger partial charge is 0.219 e. The molecule has 0 aliphatic rings. The lowest BCUT2D eigenvalue weighted by molar-refractivity contribution is 0.199. The summed E-state index contributed by atoms with van der Waals surface area (Å²) in [5, 5.41) is 3.91. The van der Waals surface area contributed by atoms with Crippen molar-refractivity contribution in [2.45, 2.75) is 6.54 Å². The Labute approximate surface area is 137 Å². The summed E-state index contributed by atoms with van der Waals surface area (Å²) in [6.07, 6.45) is 1.79. The molecule has 1 N–H and O–H groups in total. The molecule has 1 heterocycles. The van der Waals surface area contributed by atoms with Gasteiger partial charge in [0.15, 0.2) is 0 Å². The Balaban J connectivity index is 1.92. The lowest BCUT2D eigenvalue weighted by Gasteiger charge is -2.08. The van der Waals surface area contributed by atoms with Gasteiger partial charge in [-0.3, -0.25) is 0 Å². The predicted octanol–water partition coefficient (Wildman–Crippen LogP) is 4.03. The third-order valence-electron chi connectivity index (χ3n) is 2.72. The molecular formula is C15H16BrClN2O2. The van der Waals surface area contributed by atoms with Gasteiger partial charge in [-0.2, -0.15) is 0 Å². The fourth-order valence-corrected chi connectivity index (χ4v) is 2.42. The zero-order valence-corrected chi connectivity index (χ0v) is 13.9. The van der Waals surface area contributed by atoms with Crippen LogP contribution in [0.25, 0.3) is 0 Å². The first kappa shape index (κ1) is 16.2. The Hall–Kier alpha value is -1.14. The number of halogens is 2. The van der Waals surface area contributed by atoms with Crippen molar-refractivity contribution in [2.75, 3.05) is 20.3 Å². The molecule has 6 heteroatoms. The first-order valence-electron chi connectivity index (χ1n) is 6.46. The summed E-state index contributed by atoms with van der Waals surface area (Å²) >= 11 is 9.30. The number of pyridine rings is 1. The van der Waals surface area contributed by atoms with Crippen molar-refractivity contribution in [3.8, 4) is 11.6 Å². The van der Waals surface area contributed by atoms with Gasteiger partial charge in [-0.15, -0.1) is 0 Å². The Morgan fingerprint density at radius 2 is 2.14 bits per heavy atom. The molecule has 4 nitrogen and oxygen atoms in total. The molecule has 0 amide bonds. The molecule has 0 aliphatic heterocycles. The van der Waals surface area contributed by atoms with E-state index in [1.165, 1.54) is 0 Å². The van der Waals surface area contributed by atoms with Crippen LogP contribution in [0.5, 0.6) is 11.6 Å². The summed E-state index contributed by atoms with van der Waals surface area (Å²) < 4.78 is 11.5. The summed E-state index contributed by atoms with van der Waals surface area (Å²) in [5.74, 6) is 1.22. The minimum absolute atomic E-state index is 0.540. The van der Waals surface area contributed by atoms with Crippen molar-refractivity contribution >= 4 is 27.5 Å². The molecule has 0 radical (unpaired) electrons. The van der Waals surface area contributed by atoms with Crippen LogP contribution in [0, 0.1) is 0 Å². The fraction of sp³-hybridized carbons (Fsp3) is 0.267. The molecule has 112 valence electrons. The van der Waals surface area contributed by atoms with Crippen LogP contribution in [-0.2, 0) is 11.3 Å². The second-order valence-corrected chi connectivity index (χ2v) is 5.64. The first-order valence-corrected chi connectivity index (χ1v) is 7.63. The molecule has 0 saturated heterocycles. The Morgan fingerprint density at radius 3 is 2.81 bits per heavy atom. The summed E-state index contributed by atoms with van der Waals surface area (Å²) in [6.45, 7) is 2.26. The standard InChI is InChI=1S/C15H16BrClN2O2/c1-20-7-6-18-9-11-2-5-15(19-10-11)21-14-4-3-12(17)8-13(14)16/h2-5,8,10,18H,6-7,9H2,1H3. The summed E-state index contributed by atoms with van der Waals surface area (Å²) in [7, 11) is 1.68. The van der Waals surface area contributed by atoms with Gasteiger partial charge in [0.1, 0.15) is 5.75 Å². The van der Waals surface area contributed by atoms with Gasteiger partial charge >= 0.3 is 0 Å². The van der Waals surface area contributed by atoms with Gasteiger partial charge in [0, 0.05) is 37.5 Å². The van der Waals surface area contributed by atoms with E-state index in [0.717, 1.165) is 23.1 Å². The largest absolute Gasteiger partial charge is 0.438 e. The minimum atomic E-state index is 0.540. The summed E-state index contributed by atoms with van der Waals surface area (Å²) in [5.41, 5.74) is 1.09. The molecule has 2 rings (SSSR count). The Morgan fingerprint density at radius 1 is 1.29 bits per heavy atom. The normalized spacial score (nSPS) is 10.6. The average Bonchev–Trinajstić information content (AvgIpc) is 2.48. The lowest BCUT2D eigenvalue weighted by Crippen LogP contribution is -2.18.